The van der Waals surface area contributed by atoms with Crippen LogP contribution in [0.1, 0.15) is 43.7 Å². The monoisotopic (exact) mass is 312 g/mol. The molecule has 2 aromatic rings. The third kappa shape index (κ3) is 2.88. The first-order valence-corrected chi connectivity index (χ1v) is 7.93. The molecule has 0 aromatic carbocycles. The molecular weight excluding hydrogens is 292 g/mol. The number of carbonyl (C=O) groups excluding carboxylic acids is 1. The summed E-state index contributed by atoms with van der Waals surface area (Å²) in [6.07, 6.45) is 6.90. The molecule has 2 aromatic heterocycles. The molecule has 2 unspecified atom stereocenters. The Kier molecular flexibility index (Phi) is 4.50. The number of nitrogens with zero attached hydrogens (tertiary/aromatic N) is 3. The number of nitrogens with one attached hydrogen (secondary N) is 1. The fraction of sp³-hybridized carbons (Fsp3) is 0.412. The quantitative estimate of drug-likeness (QED) is 0.861. The van der Waals surface area contributed by atoms with E-state index in [1.165, 1.54) is 0 Å². The smallest absolute Gasteiger partial charge is 0.315 e. The molecule has 3 rings (SSSR count). The maximum absolute atomic E-state index is 12.6. The first-order valence-electron chi connectivity index (χ1n) is 7.93. The van der Waals surface area contributed by atoms with Crippen molar-refractivity contribution in [2.75, 3.05) is 6.61 Å². The number of aromatic nitrogens is 3. The Labute approximate surface area is 135 Å². The fourth-order valence-corrected chi connectivity index (χ4v) is 3.11. The van der Waals surface area contributed by atoms with Crippen molar-refractivity contribution < 1.29 is 9.53 Å². The molecule has 0 fully saturated rings. The zero-order chi connectivity index (χ0) is 16.2. The van der Waals surface area contributed by atoms with E-state index in [4.69, 9.17) is 4.74 Å². The van der Waals surface area contributed by atoms with E-state index in [-0.39, 0.29) is 11.9 Å². The Morgan fingerprint density at radius 3 is 2.78 bits per heavy atom. The molecule has 0 saturated heterocycles. The molecule has 1 aliphatic rings. The van der Waals surface area contributed by atoms with Crippen LogP contribution in [0.15, 0.2) is 35.7 Å². The van der Waals surface area contributed by atoms with Crippen molar-refractivity contribution in [3.05, 3.63) is 41.9 Å². The summed E-state index contributed by atoms with van der Waals surface area (Å²) in [5.41, 5.74) is 2.79. The van der Waals surface area contributed by atoms with E-state index in [9.17, 15) is 4.79 Å². The van der Waals surface area contributed by atoms with Gasteiger partial charge in [0.15, 0.2) is 5.82 Å². The molecular formula is C17H20N4O2. The van der Waals surface area contributed by atoms with Crippen LogP contribution >= 0.6 is 0 Å². The fourth-order valence-electron chi connectivity index (χ4n) is 3.11. The van der Waals surface area contributed by atoms with Crippen molar-refractivity contribution in [2.24, 2.45) is 10.9 Å². The molecule has 120 valence electrons. The van der Waals surface area contributed by atoms with Crippen molar-refractivity contribution in [1.29, 1.82) is 0 Å². The summed E-state index contributed by atoms with van der Waals surface area (Å²) in [6.45, 7) is 4.26. The molecule has 1 N–H and O–H groups in total. The lowest BCUT2D eigenvalue weighted by molar-refractivity contribution is -0.146. The lowest BCUT2D eigenvalue weighted by atomic mass is 9.76. The third-order valence-electron chi connectivity index (χ3n) is 4.04. The summed E-state index contributed by atoms with van der Waals surface area (Å²) >= 11 is 0. The van der Waals surface area contributed by atoms with Crippen LogP contribution in [0.4, 0.5) is 5.82 Å². The molecule has 6 nitrogen and oxygen atoms in total. The highest BCUT2D eigenvalue weighted by Crippen LogP contribution is 2.42. The average Bonchev–Trinajstić information content (AvgIpc) is 3.03. The van der Waals surface area contributed by atoms with Gasteiger partial charge >= 0.3 is 5.97 Å². The lowest BCUT2D eigenvalue weighted by Crippen LogP contribution is -2.34. The zero-order valence-electron chi connectivity index (χ0n) is 13.3. The Morgan fingerprint density at radius 1 is 1.30 bits per heavy atom. The second kappa shape index (κ2) is 6.73. The molecule has 0 saturated carbocycles. The number of aliphatic imine (C=N–C) groups is 1. The molecule has 23 heavy (non-hydrogen) atoms. The van der Waals surface area contributed by atoms with Crippen LogP contribution in [0.5, 0.6) is 0 Å². The van der Waals surface area contributed by atoms with Crippen molar-refractivity contribution in [1.82, 2.24) is 15.2 Å². The summed E-state index contributed by atoms with van der Waals surface area (Å²) in [4.78, 5) is 21.4. The van der Waals surface area contributed by atoms with Crippen LogP contribution in [0.2, 0.25) is 0 Å². The maximum Gasteiger partial charge on any atom is 0.315 e. The topological polar surface area (TPSA) is 80.2 Å². The Hall–Kier alpha value is -2.50. The predicted molar refractivity (Wildman–Crippen MR) is 86.8 cm³/mol. The van der Waals surface area contributed by atoms with Gasteiger partial charge in [-0.2, -0.15) is 5.10 Å². The van der Waals surface area contributed by atoms with Crippen LogP contribution < -0.4 is 0 Å². The first-order chi connectivity index (χ1) is 11.3. The number of hydrogen-bond donors (Lipinski definition) is 1. The number of aromatic amines is 1. The van der Waals surface area contributed by atoms with Crippen molar-refractivity contribution >= 4 is 17.5 Å². The summed E-state index contributed by atoms with van der Waals surface area (Å²) < 4.78 is 5.34. The minimum absolute atomic E-state index is 0.148. The van der Waals surface area contributed by atoms with E-state index in [0.717, 1.165) is 35.5 Å². The molecule has 1 aliphatic heterocycles. The number of esters is 1. The maximum atomic E-state index is 12.6. The van der Waals surface area contributed by atoms with Gasteiger partial charge in [0.25, 0.3) is 0 Å². The van der Waals surface area contributed by atoms with Crippen LogP contribution in [0.3, 0.4) is 0 Å². The second-order valence-corrected chi connectivity index (χ2v) is 5.52. The van der Waals surface area contributed by atoms with Crippen LogP contribution in [-0.4, -0.2) is 33.5 Å². The van der Waals surface area contributed by atoms with E-state index in [1.54, 1.807) is 18.6 Å². The van der Waals surface area contributed by atoms with Gasteiger partial charge < -0.3 is 4.74 Å². The second-order valence-electron chi connectivity index (χ2n) is 5.52. The Morgan fingerprint density at radius 2 is 2.09 bits per heavy atom. The molecule has 0 radical (unpaired) electrons. The van der Waals surface area contributed by atoms with Gasteiger partial charge in [0.1, 0.15) is 5.92 Å². The summed E-state index contributed by atoms with van der Waals surface area (Å²) in [5, 5.41) is 7.05. The number of fused-ring (bicyclic) bond motifs is 1. The minimum atomic E-state index is -0.414. The Balaban J connectivity index is 2.12. The van der Waals surface area contributed by atoms with E-state index in [2.05, 4.69) is 27.1 Å². The molecule has 6 heteroatoms. The van der Waals surface area contributed by atoms with Gasteiger partial charge in [0.2, 0.25) is 0 Å². The van der Waals surface area contributed by atoms with E-state index in [0.29, 0.717) is 6.61 Å². The van der Waals surface area contributed by atoms with Gasteiger partial charge in [-0.05, 0) is 31.0 Å². The highest BCUT2D eigenvalue weighted by atomic mass is 16.5. The first kappa shape index (κ1) is 15.4. The number of rotatable bonds is 5. The number of pyridine rings is 1. The standard InChI is InChI=1S/C17H20N4O2/c1-3-5-13-15(17(22)23-4-2)14(11-6-8-18-9-7-11)12-10-19-21-16(12)20-13/h6-10,14-15H,3-5H2,1-2H3,(H,19,21). The predicted octanol–water partition coefficient (Wildman–Crippen LogP) is 3.00. The third-order valence-corrected chi connectivity index (χ3v) is 4.04. The van der Waals surface area contributed by atoms with Gasteiger partial charge in [-0.3, -0.25) is 14.9 Å². The SMILES string of the molecule is CCCC1=Nc2[nH]ncc2C(c2ccncc2)C1C(=O)OCC. The summed E-state index contributed by atoms with van der Waals surface area (Å²) in [5.74, 6) is -0.0589. The van der Waals surface area contributed by atoms with Crippen LogP contribution in [0.25, 0.3) is 0 Å². The van der Waals surface area contributed by atoms with Crippen molar-refractivity contribution in [3.63, 3.8) is 0 Å². The minimum Gasteiger partial charge on any atom is -0.465 e. The van der Waals surface area contributed by atoms with Gasteiger partial charge in [0.05, 0.1) is 12.8 Å². The van der Waals surface area contributed by atoms with E-state index in [1.807, 2.05) is 19.1 Å². The molecule has 0 aliphatic carbocycles. The summed E-state index contributed by atoms with van der Waals surface area (Å²) in [6, 6.07) is 3.87. The molecule has 0 amide bonds. The highest BCUT2D eigenvalue weighted by Gasteiger charge is 2.40. The van der Waals surface area contributed by atoms with Gasteiger partial charge in [-0.15, -0.1) is 0 Å². The highest BCUT2D eigenvalue weighted by molar-refractivity contribution is 6.06. The number of carbonyl (C=O) groups is 1. The lowest BCUT2D eigenvalue weighted by Gasteiger charge is -2.30. The number of H-pyrrole nitrogens is 1. The molecule has 0 bridgehead atoms. The number of hydrogen-bond acceptors (Lipinski definition) is 5. The molecule has 3 heterocycles. The zero-order valence-corrected chi connectivity index (χ0v) is 13.3. The number of ether oxygens (including phenoxy) is 1. The van der Waals surface area contributed by atoms with E-state index >= 15 is 0 Å². The van der Waals surface area contributed by atoms with Crippen molar-refractivity contribution in [3.8, 4) is 0 Å². The van der Waals surface area contributed by atoms with Crippen molar-refractivity contribution in [2.45, 2.75) is 32.6 Å². The van der Waals surface area contributed by atoms with E-state index < -0.39 is 5.92 Å². The largest absolute Gasteiger partial charge is 0.465 e. The van der Waals surface area contributed by atoms with Crippen LogP contribution in [0, 0.1) is 5.92 Å². The van der Waals surface area contributed by atoms with Gasteiger partial charge in [0, 0.05) is 29.6 Å². The van der Waals surface area contributed by atoms with Gasteiger partial charge in [-0.25, -0.2) is 4.99 Å². The van der Waals surface area contributed by atoms with Crippen LogP contribution in [-0.2, 0) is 9.53 Å². The van der Waals surface area contributed by atoms with Gasteiger partial charge in [-0.1, -0.05) is 13.3 Å². The molecule has 0 spiro atoms. The summed E-state index contributed by atoms with van der Waals surface area (Å²) in [7, 11) is 0. The molecule has 2 atom stereocenters. The Bertz CT molecular complexity index is 708. The normalized spacial score (nSPS) is 19.8. The average molecular weight is 312 g/mol.